The highest BCUT2D eigenvalue weighted by atomic mass is 35.5. The van der Waals surface area contributed by atoms with Gasteiger partial charge in [0.2, 0.25) is 11.8 Å². The first-order chi connectivity index (χ1) is 11.4. The highest BCUT2D eigenvalue weighted by Gasteiger charge is 2.17. The third-order valence-corrected chi connectivity index (χ3v) is 3.47. The molecule has 0 heterocycles. The molecule has 0 bridgehead atoms. The minimum Gasteiger partial charge on any atom is -0.495 e. The number of hydrogen-bond donors (Lipinski definition) is 1. The van der Waals surface area contributed by atoms with E-state index >= 15 is 0 Å². The first kappa shape index (κ1) is 17.7. The SMILES string of the molecule is COc1ccc(Cl)cc1NC(=O)CN(C(C)=O)c1cccc(F)c1. The molecule has 0 saturated heterocycles. The van der Waals surface area contributed by atoms with Crippen LogP contribution in [0.25, 0.3) is 0 Å². The molecule has 0 unspecified atom stereocenters. The van der Waals surface area contributed by atoms with Crippen LogP contribution >= 0.6 is 11.6 Å². The number of carbonyl (C=O) groups excluding carboxylic acids is 2. The molecule has 5 nitrogen and oxygen atoms in total. The van der Waals surface area contributed by atoms with Gasteiger partial charge >= 0.3 is 0 Å². The fraction of sp³-hybridized carbons (Fsp3) is 0.176. The van der Waals surface area contributed by atoms with E-state index in [0.29, 0.717) is 22.1 Å². The second-order valence-electron chi connectivity index (χ2n) is 4.98. The number of anilines is 2. The summed E-state index contributed by atoms with van der Waals surface area (Å²) in [6.45, 7) is 1.03. The molecule has 0 aliphatic carbocycles. The zero-order valence-corrected chi connectivity index (χ0v) is 13.9. The Kier molecular flexibility index (Phi) is 5.76. The lowest BCUT2D eigenvalue weighted by Crippen LogP contribution is -2.36. The molecular weight excluding hydrogens is 335 g/mol. The minimum atomic E-state index is -0.490. The van der Waals surface area contributed by atoms with Gasteiger partial charge in [0.05, 0.1) is 12.8 Å². The average molecular weight is 351 g/mol. The lowest BCUT2D eigenvalue weighted by molar-refractivity contribution is -0.120. The van der Waals surface area contributed by atoms with E-state index in [1.54, 1.807) is 24.3 Å². The summed E-state index contributed by atoms with van der Waals surface area (Å²) in [5.74, 6) is -0.896. The maximum absolute atomic E-state index is 13.3. The van der Waals surface area contributed by atoms with E-state index in [-0.39, 0.29) is 12.5 Å². The van der Waals surface area contributed by atoms with E-state index < -0.39 is 11.7 Å². The number of carbonyl (C=O) groups is 2. The van der Waals surface area contributed by atoms with Gasteiger partial charge in [-0.25, -0.2) is 4.39 Å². The van der Waals surface area contributed by atoms with Crippen molar-refractivity contribution in [2.24, 2.45) is 0 Å². The molecule has 0 saturated carbocycles. The van der Waals surface area contributed by atoms with Gasteiger partial charge in [-0.05, 0) is 36.4 Å². The molecule has 0 aromatic heterocycles. The maximum Gasteiger partial charge on any atom is 0.244 e. The number of rotatable bonds is 5. The fourth-order valence-corrected chi connectivity index (χ4v) is 2.31. The standard InChI is InChI=1S/C17H16ClFN2O3/c1-11(22)21(14-5-3-4-13(19)9-14)10-17(23)20-15-8-12(18)6-7-16(15)24-2/h3-9H,10H2,1-2H3,(H,20,23). The third-order valence-electron chi connectivity index (χ3n) is 3.24. The van der Waals surface area contributed by atoms with Gasteiger partial charge in [0, 0.05) is 17.6 Å². The summed E-state index contributed by atoms with van der Waals surface area (Å²) in [6.07, 6.45) is 0. The monoisotopic (exact) mass is 350 g/mol. The Bertz CT molecular complexity index is 767. The van der Waals surface area contributed by atoms with E-state index in [4.69, 9.17) is 16.3 Å². The fourth-order valence-electron chi connectivity index (χ4n) is 2.14. The van der Waals surface area contributed by atoms with Crippen LogP contribution < -0.4 is 15.0 Å². The topological polar surface area (TPSA) is 58.6 Å². The molecule has 0 radical (unpaired) electrons. The normalized spacial score (nSPS) is 10.2. The van der Waals surface area contributed by atoms with Crippen molar-refractivity contribution in [2.75, 3.05) is 23.9 Å². The Morgan fingerprint density at radius 2 is 2.00 bits per heavy atom. The van der Waals surface area contributed by atoms with E-state index in [0.717, 1.165) is 0 Å². The van der Waals surface area contributed by atoms with Crippen LogP contribution in [-0.4, -0.2) is 25.5 Å². The van der Waals surface area contributed by atoms with Crippen molar-refractivity contribution in [1.82, 2.24) is 0 Å². The van der Waals surface area contributed by atoms with Crippen LogP contribution in [0.2, 0.25) is 5.02 Å². The predicted molar refractivity (Wildman–Crippen MR) is 91.1 cm³/mol. The quantitative estimate of drug-likeness (QED) is 0.898. The van der Waals surface area contributed by atoms with E-state index in [2.05, 4.69) is 5.32 Å². The molecule has 0 aliphatic heterocycles. The Morgan fingerprint density at radius 1 is 1.25 bits per heavy atom. The second-order valence-corrected chi connectivity index (χ2v) is 5.41. The first-order valence-corrected chi connectivity index (χ1v) is 7.45. The Hall–Kier alpha value is -2.60. The van der Waals surface area contributed by atoms with Crippen molar-refractivity contribution in [3.63, 3.8) is 0 Å². The highest BCUT2D eigenvalue weighted by molar-refractivity contribution is 6.31. The van der Waals surface area contributed by atoms with E-state index in [1.807, 2.05) is 0 Å². The number of amides is 2. The molecule has 2 aromatic carbocycles. The largest absolute Gasteiger partial charge is 0.495 e. The van der Waals surface area contributed by atoms with E-state index in [9.17, 15) is 14.0 Å². The van der Waals surface area contributed by atoms with Gasteiger partial charge in [-0.15, -0.1) is 0 Å². The average Bonchev–Trinajstić information content (AvgIpc) is 2.52. The third kappa shape index (κ3) is 4.45. The van der Waals surface area contributed by atoms with Crippen molar-refractivity contribution < 1.29 is 18.7 Å². The Labute approximate surface area is 144 Å². The van der Waals surface area contributed by atoms with Crippen molar-refractivity contribution in [3.8, 4) is 5.75 Å². The van der Waals surface area contributed by atoms with Gasteiger partial charge < -0.3 is 15.0 Å². The Balaban J connectivity index is 2.17. The molecule has 0 spiro atoms. The van der Waals surface area contributed by atoms with Crippen LogP contribution in [0.3, 0.4) is 0 Å². The summed E-state index contributed by atoms with van der Waals surface area (Å²) in [6, 6.07) is 10.3. The van der Waals surface area contributed by atoms with Crippen molar-refractivity contribution in [2.45, 2.75) is 6.92 Å². The summed E-state index contributed by atoms with van der Waals surface area (Å²) < 4.78 is 18.5. The van der Waals surface area contributed by atoms with Crippen molar-refractivity contribution in [3.05, 3.63) is 53.3 Å². The van der Waals surface area contributed by atoms with Crippen LogP contribution in [-0.2, 0) is 9.59 Å². The zero-order chi connectivity index (χ0) is 17.7. The molecule has 0 aliphatic rings. The molecule has 2 rings (SSSR count). The summed E-state index contributed by atoms with van der Waals surface area (Å²) in [5, 5.41) is 3.07. The van der Waals surface area contributed by atoms with Gasteiger partial charge in [0.1, 0.15) is 18.1 Å². The number of nitrogens with one attached hydrogen (secondary N) is 1. The Morgan fingerprint density at radius 3 is 2.62 bits per heavy atom. The second kappa shape index (κ2) is 7.79. The minimum absolute atomic E-state index is 0.269. The molecule has 2 amide bonds. The summed E-state index contributed by atoms with van der Waals surface area (Å²) in [5.41, 5.74) is 0.688. The lowest BCUT2D eigenvalue weighted by Gasteiger charge is -2.21. The molecule has 2 aromatic rings. The molecule has 1 N–H and O–H groups in total. The van der Waals surface area contributed by atoms with E-state index in [1.165, 1.54) is 37.1 Å². The zero-order valence-electron chi connectivity index (χ0n) is 13.2. The number of nitrogens with zero attached hydrogens (tertiary/aromatic N) is 1. The molecule has 0 atom stereocenters. The van der Waals surface area contributed by atoms with Crippen LogP contribution in [0.15, 0.2) is 42.5 Å². The maximum atomic E-state index is 13.3. The summed E-state index contributed by atoms with van der Waals surface area (Å²) in [7, 11) is 1.47. The molecule has 0 fully saturated rings. The number of methoxy groups -OCH3 is 1. The summed E-state index contributed by atoms with van der Waals surface area (Å²) in [4.78, 5) is 25.2. The van der Waals surface area contributed by atoms with Crippen LogP contribution in [0.4, 0.5) is 15.8 Å². The number of benzene rings is 2. The first-order valence-electron chi connectivity index (χ1n) is 7.07. The molecule has 24 heavy (non-hydrogen) atoms. The smallest absolute Gasteiger partial charge is 0.244 e. The van der Waals surface area contributed by atoms with Gasteiger partial charge in [0.15, 0.2) is 0 Å². The summed E-state index contributed by atoms with van der Waals surface area (Å²) >= 11 is 5.91. The van der Waals surface area contributed by atoms with Crippen LogP contribution in [0.5, 0.6) is 5.75 Å². The number of ether oxygens (including phenoxy) is 1. The highest BCUT2D eigenvalue weighted by Crippen LogP contribution is 2.27. The molecule has 126 valence electrons. The predicted octanol–water partition coefficient (Wildman–Crippen LogP) is 3.48. The van der Waals surface area contributed by atoms with Gasteiger partial charge in [-0.2, -0.15) is 0 Å². The van der Waals surface area contributed by atoms with Gasteiger partial charge in [-0.1, -0.05) is 17.7 Å². The van der Waals surface area contributed by atoms with Crippen molar-refractivity contribution >= 4 is 34.8 Å². The van der Waals surface area contributed by atoms with Crippen molar-refractivity contribution in [1.29, 1.82) is 0 Å². The molecular formula is C17H16ClFN2O3. The number of hydrogen-bond acceptors (Lipinski definition) is 3. The molecule has 7 heteroatoms. The lowest BCUT2D eigenvalue weighted by atomic mass is 10.2. The van der Waals surface area contributed by atoms with Gasteiger partial charge in [-0.3, -0.25) is 9.59 Å². The van der Waals surface area contributed by atoms with Crippen LogP contribution in [0.1, 0.15) is 6.92 Å². The van der Waals surface area contributed by atoms with Crippen LogP contribution in [0, 0.1) is 5.82 Å². The van der Waals surface area contributed by atoms with Gasteiger partial charge in [0.25, 0.3) is 0 Å². The number of halogens is 2.